The van der Waals surface area contributed by atoms with Gasteiger partial charge in [-0.05, 0) is 29.6 Å². The van der Waals surface area contributed by atoms with Crippen molar-refractivity contribution in [2.45, 2.75) is 47.5 Å². The number of rotatable bonds is 4. The Balaban J connectivity index is 2.36. The molecule has 0 bridgehead atoms. The molecule has 4 unspecified atom stereocenters. The van der Waals surface area contributed by atoms with Crippen LogP contribution >= 0.6 is 0 Å². The molecule has 0 amide bonds. The van der Waals surface area contributed by atoms with Crippen LogP contribution in [-0.2, 0) is 0 Å². The predicted octanol–water partition coefficient (Wildman–Crippen LogP) is 3.96. The summed E-state index contributed by atoms with van der Waals surface area (Å²) >= 11 is 0. The summed E-state index contributed by atoms with van der Waals surface area (Å²) < 4.78 is 0. The summed E-state index contributed by atoms with van der Waals surface area (Å²) in [5, 5.41) is 0. The lowest BCUT2D eigenvalue weighted by molar-refractivity contribution is 0.343. The van der Waals surface area contributed by atoms with Crippen molar-refractivity contribution in [1.82, 2.24) is 0 Å². The van der Waals surface area contributed by atoms with Gasteiger partial charge < -0.3 is 0 Å². The predicted molar refractivity (Wildman–Crippen MR) is 55.1 cm³/mol. The van der Waals surface area contributed by atoms with Gasteiger partial charge in [0, 0.05) is 0 Å². The van der Waals surface area contributed by atoms with Crippen LogP contribution in [0.4, 0.5) is 0 Å². The van der Waals surface area contributed by atoms with Crippen molar-refractivity contribution in [1.29, 1.82) is 0 Å². The second-order valence-corrected chi connectivity index (χ2v) is 4.99. The van der Waals surface area contributed by atoms with Crippen molar-refractivity contribution in [3.63, 3.8) is 0 Å². The number of hydrogen-bond donors (Lipinski definition) is 0. The van der Waals surface area contributed by atoms with Gasteiger partial charge in [0.25, 0.3) is 0 Å². The second kappa shape index (κ2) is 3.81. The van der Waals surface area contributed by atoms with Crippen LogP contribution in [0.1, 0.15) is 47.5 Å². The molecule has 1 fully saturated rings. The van der Waals surface area contributed by atoms with Gasteiger partial charge in [-0.3, -0.25) is 0 Å². The highest BCUT2D eigenvalue weighted by Crippen LogP contribution is 2.54. The minimum absolute atomic E-state index is 0.874. The first-order valence-electron chi connectivity index (χ1n) is 5.59. The molecule has 12 heavy (non-hydrogen) atoms. The Labute approximate surface area is 77.7 Å². The van der Waals surface area contributed by atoms with E-state index < -0.39 is 0 Å². The van der Waals surface area contributed by atoms with Crippen molar-refractivity contribution in [3.8, 4) is 0 Å². The van der Waals surface area contributed by atoms with E-state index in [4.69, 9.17) is 0 Å². The molecular weight excluding hydrogens is 144 g/mol. The van der Waals surface area contributed by atoms with Gasteiger partial charge >= 0.3 is 0 Å². The van der Waals surface area contributed by atoms with Gasteiger partial charge in [-0.1, -0.05) is 47.5 Å². The normalized spacial score (nSPS) is 37.0. The van der Waals surface area contributed by atoms with E-state index >= 15 is 0 Å². The van der Waals surface area contributed by atoms with Crippen LogP contribution in [0, 0.1) is 29.6 Å². The van der Waals surface area contributed by atoms with Gasteiger partial charge in [-0.2, -0.15) is 0 Å². The van der Waals surface area contributed by atoms with Crippen LogP contribution in [-0.4, -0.2) is 0 Å². The first-order valence-corrected chi connectivity index (χ1v) is 5.59. The quantitative estimate of drug-likeness (QED) is 0.596. The molecule has 1 rings (SSSR count). The van der Waals surface area contributed by atoms with Gasteiger partial charge in [0.15, 0.2) is 0 Å². The molecule has 0 aromatic carbocycles. The van der Waals surface area contributed by atoms with E-state index in [2.05, 4.69) is 34.6 Å². The Morgan fingerprint density at radius 1 is 1.17 bits per heavy atom. The molecule has 0 aromatic heterocycles. The Kier molecular flexibility index (Phi) is 3.20. The van der Waals surface area contributed by atoms with Crippen LogP contribution in [0.3, 0.4) is 0 Å². The minimum Gasteiger partial charge on any atom is -0.0654 e. The molecule has 4 atom stereocenters. The third kappa shape index (κ3) is 1.84. The van der Waals surface area contributed by atoms with E-state index in [1.807, 2.05) is 0 Å². The van der Waals surface area contributed by atoms with Crippen LogP contribution in [0.5, 0.6) is 0 Å². The zero-order chi connectivity index (χ0) is 9.30. The third-order valence-corrected chi connectivity index (χ3v) is 3.92. The van der Waals surface area contributed by atoms with Crippen LogP contribution in [0.15, 0.2) is 0 Å². The Hall–Kier alpha value is 0. The second-order valence-electron chi connectivity index (χ2n) is 4.99. The molecule has 0 radical (unpaired) electrons. The molecule has 0 nitrogen and oxygen atoms in total. The van der Waals surface area contributed by atoms with Crippen LogP contribution < -0.4 is 0 Å². The highest BCUT2D eigenvalue weighted by Gasteiger charge is 2.48. The van der Waals surface area contributed by atoms with E-state index in [-0.39, 0.29) is 0 Å². The van der Waals surface area contributed by atoms with Gasteiger partial charge in [-0.15, -0.1) is 0 Å². The van der Waals surface area contributed by atoms with Crippen molar-refractivity contribution in [2.75, 3.05) is 0 Å². The maximum atomic E-state index is 2.43. The average Bonchev–Trinajstić information content (AvgIpc) is 2.61. The van der Waals surface area contributed by atoms with E-state index in [0.717, 1.165) is 29.6 Å². The van der Waals surface area contributed by atoms with E-state index in [1.165, 1.54) is 12.8 Å². The third-order valence-electron chi connectivity index (χ3n) is 3.92. The molecule has 1 aliphatic rings. The van der Waals surface area contributed by atoms with E-state index in [1.54, 1.807) is 0 Å². The summed E-state index contributed by atoms with van der Waals surface area (Å²) in [6.45, 7) is 11.9. The summed E-state index contributed by atoms with van der Waals surface area (Å²) in [6, 6.07) is 0. The van der Waals surface area contributed by atoms with Gasteiger partial charge in [0.2, 0.25) is 0 Å². The lowest BCUT2D eigenvalue weighted by atomic mass is 9.91. The van der Waals surface area contributed by atoms with Gasteiger partial charge in [0.05, 0.1) is 0 Å². The first kappa shape index (κ1) is 10.1. The Morgan fingerprint density at radius 3 is 2.17 bits per heavy atom. The molecule has 0 saturated heterocycles. The van der Waals surface area contributed by atoms with Gasteiger partial charge in [0.1, 0.15) is 0 Å². The fraction of sp³-hybridized carbons (Fsp3) is 1.00. The van der Waals surface area contributed by atoms with E-state index in [9.17, 15) is 0 Å². The SMILES string of the molecule is CCCC1C(C)C1C(C)C(C)C. The molecule has 0 spiro atoms. The molecule has 0 aromatic rings. The summed E-state index contributed by atoms with van der Waals surface area (Å²) in [4.78, 5) is 0. The standard InChI is InChI=1S/C12H24/c1-6-7-11-10(5)12(11)9(4)8(2)3/h8-12H,6-7H2,1-5H3. The largest absolute Gasteiger partial charge is 0.0654 e. The van der Waals surface area contributed by atoms with E-state index in [0.29, 0.717) is 0 Å². The summed E-state index contributed by atoms with van der Waals surface area (Å²) in [5.41, 5.74) is 0. The Bertz CT molecular complexity index is 137. The fourth-order valence-electron chi connectivity index (χ4n) is 2.68. The fourth-order valence-corrected chi connectivity index (χ4v) is 2.68. The monoisotopic (exact) mass is 168 g/mol. The van der Waals surface area contributed by atoms with Crippen molar-refractivity contribution in [2.24, 2.45) is 29.6 Å². The topological polar surface area (TPSA) is 0 Å². The molecule has 0 heteroatoms. The molecular formula is C12H24. The summed E-state index contributed by atoms with van der Waals surface area (Å²) in [5.74, 6) is 4.94. The minimum atomic E-state index is 0.874. The smallest absolute Gasteiger partial charge is 0.0326 e. The van der Waals surface area contributed by atoms with Crippen molar-refractivity contribution < 1.29 is 0 Å². The maximum Gasteiger partial charge on any atom is -0.0326 e. The molecule has 1 saturated carbocycles. The van der Waals surface area contributed by atoms with Crippen LogP contribution in [0.2, 0.25) is 0 Å². The highest BCUT2D eigenvalue weighted by molar-refractivity contribution is 4.96. The molecule has 1 aliphatic carbocycles. The zero-order valence-corrected chi connectivity index (χ0v) is 9.30. The van der Waals surface area contributed by atoms with Crippen LogP contribution in [0.25, 0.3) is 0 Å². The number of hydrogen-bond acceptors (Lipinski definition) is 0. The zero-order valence-electron chi connectivity index (χ0n) is 9.30. The van der Waals surface area contributed by atoms with Crippen molar-refractivity contribution >= 4 is 0 Å². The van der Waals surface area contributed by atoms with Gasteiger partial charge in [-0.25, -0.2) is 0 Å². The molecule has 0 heterocycles. The first-order chi connectivity index (χ1) is 5.59. The summed E-state index contributed by atoms with van der Waals surface area (Å²) in [6.07, 6.45) is 2.83. The lowest BCUT2D eigenvalue weighted by Gasteiger charge is -2.15. The summed E-state index contributed by atoms with van der Waals surface area (Å²) in [7, 11) is 0. The molecule has 0 N–H and O–H groups in total. The lowest BCUT2D eigenvalue weighted by Crippen LogP contribution is -2.08. The highest BCUT2D eigenvalue weighted by atomic mass is 14.5. The Morgan fingerprint density at radius 2 is 1.75 bits per heavy atom. The molecule has 72 valence electrons. The average molecular weight is 168 g/mol. The maximum absolute atomic E-state index is 2.43. The molecule has 0 aliphatic heterocycles. The van der Waals surface area contributed by atoms with Crippen molar-refractivity contribution in [3.05, 3.63) is 0 Å².